The molecule has 3 N–H and O–H groups in total. The molecule has 0 aliphatic heterocycles. The lowest BCUT2D eigenvalue weighted by molar-refractivity contribution is -0.108. The van der Waals surface area contributed by atoms with Gasteiger partial charge in [-0.2, -0.15) is 0 Å². The van der Waals surface area contributed by atoms with Crippen LogP contribution in [0.3, 0.4) is 0 Å². The van der Waals surface area contributed by atoms with Crippen LogP contribution in [0.25, 0.3) is 0 Å². The third-order valence-corrected chi connectivity index (χ3v) is 5.22. The molecule has 16 heavy (non-hydrogen) atoms. The Labute approximate surface area is 99.6 Å². The van der Waals surface area contributed by atoms with E-state index in [0.717, 1.165) is 18.8 Å². The maximum absolute atomic E-state index is 10.9. The number of hydrogen-bond acceptors (Lipinski definition) is 2. The molecular formula is C14H27NO. The van der Waals surface area contributed by atoms with Gasteiger partial charge in [0.15, 0.2) is 0 Å². The molecule has 2 rings (SSSR count). The van der Waals surface area contributed by atoms with Crippen molar-refractivity contribution in [3.05, 3.63) is 0 Å². The highest BCUT2D eigenvalue weighted by molar-refractivity contribution is 5.09. The number of hydrogen-bond donors (Lipinski definition) is 2. The van der Waals surface area contributed by atoms with Gasteiger partial charge in [-0.25, -0.2) is 0 Å². The molecule has 0 aromatic rings. The van der Waals surface area contributed by atoms with E-state index < -0.39 is 5.60 Å². The molecule has 2 aliphatic rings. The van der Waals surface area contributed by atoms with Crippen molar-refractivity contribution in [1.82, 2.24) is 0 Å². The fraction of sp³-hybridized carbons (Fsp3) is 1.00. The Morgan fingerprint density at radius 2 is 2.12 bits per heavy atom. The maximum Gasteiger partial charge on any atom is 0.0693 e. The predicted octanol–water partition coefficient (Wildman–Crippen LogP) is 2.55. The maximum atomic E-state index is 10.9. The lowest BCUT2D eigenvalue weighted by Crippen LogP contribution is -2.54. The second-order valence-electron chi connectivity index (χ2n) is 6.81. The van der Waals surface area contributed by atoms with Gasteiger partial charge in [-0.3, -0.25) is 0 Å². The van der Waals surface area contributed by atoms with Gasteiger partial charge in [0.05, 0.1) is 5.60 Å². The molecule has 4 atom stereocenters. The van der Waals surface area contributed by atoms with Crippen molar-refractivity contribution in [2.24, 2.45) is 28.9 Å². The first-order chi connectivity index (χ1) is 7.41. The second kappa shape index (κ2) is 3.99. The standard InChI is InChI=1S/C14H27NO/c1-10(2)7-13(3,16)14(9-15)8-11-4-5-12(14)6-11/h10-12,16H,4-9,15H2,1-3H3. The molecule has 2 aliphatic carbocycles. The molecule has 0 heterocycles. The molecule has 0 saturated heterocycles. The van der Waals surface area contributed by atoms with Gasteiger partial charge in [-0.05, 0) is 50.4 Å². The van der Waals surface area contributed by atoms with E-state index in [4.69, 9.17) is 5.73 Å². The Bertz CT molecular complexity index is 261. The third kappa shape index (κ3) is 1.70. The average Bonchev–Trinajstić information content (AvgIpc) is 2.74. The quantitative estimate of drug-likeness (QED) is 0.772. The van der Waals surface area contributed by atoms with Crippen molar-refractivity contribution in [1.29, 1.82) is 0 Å². The van der Waals surface area contributed by atoms with Gasteiger partial charge in [-0.1, -0.05) is 20.3 Å². The Hall–Kier alpha value is -0.0800. The van der Waals surface area contributed by atoms with E-state index in [0.29, 0.717) is 18.4 Å². The number of rotatable bonds is 4. The summed E-state index contributed by atoms with van der Waals surface area (Å²) >= 11 is 0. The van der Waals surface area contributed by atoms with E-state index in [9.17, 15) is 5.11 Å². The Balaban J connectivity index is 2.21. The smallest absolute Gasteiger partial charge is 0.0693 e. The van der Waals surface area contributed by atoms with E-state index in [-0.39, 0.29) is 5.41 Å². The summed E-state index contributed by atoms with van der Waals surface area (Å²) in [6.07, 6.45) is 6.01. The summed E-state index contributed by atoms with van der Waals surface area (Å²) in [6.45, 7) is 7.06. The molecule has 4 unspecified atom stereocenters. The molecule has 0 aromatic carbocycles. The molecule has 0 amide bonds. The third-order valence-electron chi connectivity index (χ3n) is 5.22. The molecule has 2 saturated carbocycles. The lowest BCUT2D eigenvalue weighted by Gasteiger charge is -2.49. The normalized spacial score (nSPS) is 41.6. The van der Waals surface area contributed by atoms with Gasteiger partial charge in [0, 0.05) is 12.0 Å². The molecule has 2 heteroatoms. The van der Waals surface area contributed by atoms with Gasteiger partial charge in [0.1, 0.15) is 0 Å². The highest BCUT2D eigenvalue weighted by atomic mass is 16.3. The second-order valence-corrected chi connectivity index (χ2v) is 6.81. The van der Waals surface area contributed by atoms with Crippen LogP contribution < -0.4 is 5.73 Å². The zero-order chi connectivity index (χ0) is 12.0. The highest BCUT2D eigenvalue weighted by Crippen LogP contribution is 2.60. The predicted molar refractivity (Wildman–Crippen MR) is 67.0 cm³/mol. The first-order valence-corrected chi connectivity index (χ1v) is 6.84. The van der Waals surface area contributed by atoms with Crippen LogP contribution >= 0.6 is 0 Å². The molecule has 0 radical (unpaired) electrons. The molecule has 2 nitrogen and oxygen atoms in total. The van der Waals surface area contributed by atoms with E-state index in [1.807, 2.05) is 6.92 Å². The monoisotopic (exact) mass is 225 g/mol. The van der Waals surface area contributed by atoms with Gasteiger partial charge >= 0.3 is 0 Å². The Morgan fingerprint density at radius 1 is 1.44 bits per heavy atom. The average molecular weight is 225 g/mol. The zero-order valence-electron chi connectivity index (χ0n) is 11.0. The first kappa shape index (κ1) is 12.4. The van der Waals surface area contributed by atoms with E-state index in [1.165, 1.54) is 19.3 Å². The fourth-order valence-corrected chi connectivity index (χ4v) is 4.57. The highest BCUT2D eigenvalue weighted by Gasteiger charge is 2.58. The summed E-state index contributed by atoms with van der Waals surface area (Å²) in [4.78, 5) is 0. The summed E-state index contributed by atoms with van der Waals surface area (Å²) in [6, 6.07) is 0. The molecule has 94 valence electrons. The summed E-state index contributed by atoms with van der Waals surface area (Å²) in [5.41, 5.74) is 5.50. The molecule has 0 aromatic heterocycles. The van der Waals surface area contributed by atoms with Gasteiger partial charge in [0.25, 0.3) is 0 Å². The van der Waals surface area contributed by atoms with Crippen LogP contribution in [-0.4, -0.2) is 17.3 Å². The van der Waals surface area contributed by atoms with Crippen LogP contribution in [0.15, 0.2) is 0 Å². The van der Waals surface area contributed by atoms with Crippen LogP contribution in [0.5, 0.6) is 0 Å². The van der Waals surface area contributed by atoms with Crippen molar-refractivity contribution in [2.75, 3.05) is 6.54 Å². The Morgan fingerprint density at radius 3 is 2.50 bits per heavy atom. The summed E-state index contributed by atoms with van der Waals surface area (Å²) < 4.78 is 0. The van der Waals surface area contributed by atoms with E-state index >= 15 is 0 Å². The van der Waals surface area contributed by atoms with Crippen LogP contribution in [0.1, 0.15) is 52.9 Å². The van der Waals surface area contributed by atoms with Crippen molar-refractivity contribution < 1.29 is 5.11 Å². The summed E-state index contributed by atoms with van der Waals surface area (Å²) in [5.74, 6) is 2.06. The Kier molecular flexibility index (Phi) is 3.09. The molecule has 0 spiro atoms. The minimum Gasteiger partial charge on any atom is -0.390 e. The first-order valence-electron chi connectivity index (χ1n) is 6.84. The van der Waals surface area contributed by atoms with Crippen molar-refractivity contribution in [3.8, 4) is 0 Å². The topological polar surface area (TPSA) is 46.2 Å². The summed E-state index contributed by atoms with van der Waals surface area (Å²) in [7, 11) is 0. The minimum absolute atomic E-state index is 0.0141. The van der Waals surface area contributed by atoms with Crippen molar-refractivity contribution >= 4 is 0 Å². The number of nitrogens with two attached hydrogens (primary N) is 1. The minimum atomic E-state index is -0.574. The van der Waals surface area contributed by atoms with E-state index in [1.54, 1.807) is 0 Å². The van der Waals surface area contributed by atoms with Gasteiger partial charge in [-0.15, -0.1) is 0 Å². The zero-order valence-corrected chi connectivity index (χ0v) is 11.0. The fourth-order valence-electron chi connectivity index (χ4n) is 4.57. The van der Waals surface area contributed by atoms with Gasteiger partial charge < -0.3 is 10.8 Å². The number of aliphatic hydroxyl groups is 1. The SMILES string of the molecule is CC(C)CC(C)(O)C1(CN)CC2CCC1C2. The van der Waals surface area contributed by atoms with Crippen molar-refractivity contribution in [2.45, 2.75) is 58.5 Å². The van der Waals surface area contributed by atoms with Crippen LogP contribution in [0.4, 0.5) is 0 Å². The number of fused-ring (bicyclic) bond motifs is 2. The lowest BCUT2D eigenvalue weighted by atomic mass is 9.61. The molecule has 2 fully saturated rings. The van der Waals surface area contributed by atoms with Gasteiger partial charge in [0.2, 0.25) is 0 Å². The molecular weight excluding hydrogens is 198 g/mol. The largest absolute Gasteiger partial charge is 0.390 e. The van der Waals surface area contributed by atoms with Crippen LogP contribution in [-0.2, 0) is 0 Å². The molecule has 2 bridgehead atoms. The van der Waals surface area contributed by atoms with Crippen LogP contribution in [0, 0.1) is 23.2 Å². The van der Waals surface area contributed by atoms with Crippen LogP contribution in [0.2, 0.25) is 0 Å². The van der Waals surface area contributed by atoms with E-state index in [2.05, 4.69) is 13.8 Å². The summed E-state index contributed by atoms with van der Waals surface area (Å²) in [5, 5.41) is 10.9. The van der Waals surface area contributed by atoms with Crippen molar-refractivity contribution in [3.63, 3.8) is 0 Å².